The lowest BCUT2D eigenvalue weighted by atomic mass is 10.1. The molecule has 102 valence electrons. The molecule has 0 saturated carbocycles. The van der Waals surface area contributed by atoms with E-state index in [9.17, 15) is 19.1 Å². The third-order valence-corrected chi connectivity index (χ3v) is 2.84. The normalized spacial score (nSPS) is 10.1. The Balaban J connectivity index is 2.32. The van der Waals surface area contributed by atoms with Gasteiger partial charge in [-0.05, 0) is 36.8 Å². The molecule has 2 aromatic rings. The van der Waals surface area contributed by atoms with Crippen molar-refractivity contribution in [3.8, 4) is 0 Å². The summed E-state index contributed by atoms with van der Waals surface area (Å²) in [7, 11) is 0. The predicted octanol–water partition coefficient (Wildman–Crippen LogP) is 1.75. The maximum absolute atomic E-state index is 12.8. The minimum absolute atomic E-state index is 0.0968. The molecule has 0 bridgehead atoms. The van der Waals surface area contributed by atoms with E-state index < -0.39 is 17.7 Å². The van der Waals surface area contributed by atoms with Crippen LogP contribution in [-0.4, -0.2) is 11.9 Å². The van der Waals surface area contributed by atoms with E-state index in [2.05, 4.69) is 5.32 Å². The van der Waals surface area contributed by atoms with Gasteiger partial charge in [-0.2, -0.15) is 0 Å². The van der Waals surface area contributed by atoms with E-state index in [1.165, 1.54) is 18.2 Å². The van der Waals surface area contributed by atoms with Crippen LogP contribution in [0.1, 0.15) is 26.3 Å². The van der Waals surface area contributed by atoms with Crippen LogP contribution in [0.15, 0.2) is 42.5 Å². The first-order chi connectivity index (χ1) is 9.49. The van der Waals surface area contributed by atoms with E-state index in [0.717, 1.165) is 12.1 Å². The molecule has 0 spiro atoms. The highest BCUT2D eigenvalue weighted by molar-refractivity contribution is 6.08. The SMILES string of the molecule is Cc1cccc(C(=O)[O-])c1NC(=O)c1ccc(F)cc1. The standard InChI is InChI=1S/C15H12FNO3/c1-9-3-2-4-12(15(19)20)13(9)17-14(18)10-5-7-11(16)8-6-10/h2-8H,1H3,(H,17,18)(H,19,20)/p-1. The van der Waals surface area contributed by atoms with Crippen molar-refractivity contribution < 1.29 is 19.1 Å². The average Bonchev–Trinajstić information content (AvgIpc) is 2.41. The summed E-state index contributed by atoms with van der Waals surface area (Å²) in [6.07, 6.45) is 0. The van der Waals surface area contributed by atoms with Crippen molar-refractivity contribution in [3.63, 3.8) is 0 Å². The van der Waals surface area contributed by atoms with Crippen molar-refractivity contribution in [2.24, 2.45) is 0 Å². The summed E-state index contributed by atoms with van der Waals surface area (Å²) in [5, 5.41) is 13.5. The second-order valence-electron chi connectivity index (χ2n) is 4.25. The molecule has 1 amide bonds. The van der Waals surface area contributed by atoms with Crippen LogP contribution in [0, 0.1) is 12.7 Å². The zero-order valence-corrected chi connectivity index (χ0v) is 10.6. The van der Waals surface area contributed by atoms with Crippen LogP contribution in [0.4, 0.5) is 10.1 Å². The van der Waals surface area contributed by atoms with Gasteiger partial charge in [-0.1, -0.05) is 18.2 Å². The van der Waals surface area contributed by atoms with E-state index in [1.807, 2.05) is 0 Å². The van der Waals surface area contributed by atoms with Gasteiger partial charge in [0.25, 0.3) is 5.91 Å². The number of halogens is 1. The summed E-state index contributed by atoms with van der Waals surface area (Å²) in [4.78, 5) is 23.0. The van der Waals surface area contributed by atoms with Gasteiger partial charge in [0.15, 0.2) is 0 Å². The molecule has 0 aliphatic heterocycles. The van der Waals surface area contributed by atoms with Gasteiger partial charge in [-0.25, -0.2) is 4.39 Å². The molecule has 0 unspecified atom stereocenters. The maximum Gasteiger partial charge on any atom is 0.255 e. The van der Waals surface area contributed by atoms with Crippen molar-refractivity contribution in [3.05, 3.63) is 65.0 Å². The number of rotatable bonds is 3. The Hall–Kier alpha value is -2.69. The minimum Gasteiger partial charge on any atom is -0.545 e. The van der Waals surface area contributed by atoms with E-state index >= 15 is 0 Å². The molecule has 2 aromatic carbocycles. The number of aryl methyl sites for hydroxylation is 1. The van der Waals surface area contributed by atoms with Gasteiger partial charge in [0, 0.05) is 11.1 Å². The summed E-state index contributed by atoms with van der Waals surface area (Å²) in [5.41, 5.74) is 0.920. The monoisotopic (exact) mass is 272 g/mol. The lowest BCUT2D eigenvalue weighted by Gasteiger charge is -2.14. The quantitative estimate of drug-likeness (QED) is 0.925. The molecule has 5 heteroatoms. The number of carboxylic acid groups (broad SMARTS) is 1. The van der Waals surface area contributed by atoms with Crippen LogP contribution >= 0.6 is 0 Å². The number of aromatic carboxylic acids is 1. The fraction of sp³-hybridized carbons (Fsp3) is 0.0667. The molecule has 0 aliphatic rings. The number of amides is 1. The molecule has 0 atom stereocenters. The average molecular weight is 272 g/mol. The van der Waals surface area contributed by atoms with E-state index in [0.29, 0.717) is 5.56 Å². The number of benzene rings is 2. The van der Waals surface area contributed by atoms with E-state index in [-0.39, 0.29) is 16.8 Å². The van der Waals surface area contributed by atoms with Gasteiger partial charge in [0.2, 0.25) is 0 Å². The molecular weight excluding hydrogens is 261 g/mol. The summed E-state index contributed by atoms with van der Waals surface area (Å²) in [6, 6.07) is 9.55. The fourth-order valence-electron chi connectivity index (χ4n) is 1.79. The Kier molecular flexibility index (Phi) is 3.79. The number of nitrogens with one attached hydrogen (secondary N) is 1. The number of para-hydroxylation sites is 1. The van der Waals surface area contributed by atoms with Crippen molar-refractivity contribution in [1.82, 2.24) is 0 Å². The lowest BCUT2D eigenvalue weighted by molar-refractivity contribution is -0.254. The molecule has 4 nitrogen and oxygen atoms in total. The first-order valence-electron chi connectivity index (χ1n) is 5.87. The first-order valence-corrected chi connectivity index (χ1v) is 5.87. The number of anilines is 1. The summed E-state index contributed by atoms with van der Waals surface area (Å²) >= 11 is 0. The highest BCUT2D eigenvalue weighted by atomic mass is 19.1. The highest BCUT2D eigenvalue weighted by Gasteiger charge is 2.11. The summed E-state index contributed by atoms with van der Waals surface area (Å²) < 4.78 is 12.8. The van der Waals surface area contributed by atoms with Crippen molar-refractivity contribution in [1.29, 1.82) is 0 Å². The van der Waals surface area contributed by atoms with Gasteiger partial charge in [-0.3, -0.25) is 4.79 Å². The van der Waals surface area contributed by atoms with Crippen molar-refractivity contribution in [2.45, 2.75) is 6.92 Å². The molecular formula is C15H11FNO3-. The molecule has 0 saturated heterocycles. The Bertz CT molecular complexity index is 665. The largest absolute Gasteiger partial charge is 0.545 e. The summed E-state index contributed by atoms with van der Waals surface area (Å²) in [6.45, 7) is 1.67. The second-order valence-corrected chi connectivity index (χ2v) is 4.25. The maximum atomic E-state index is 12.8. The van der Waals surface area contributed by atoms with E-state index in [1.54, 1.807) is 19.1 Å². The molecule has 1 N–H and O–H groups in total. The van der Waals surface area contributed by atoms with Gasteiger partial charge in [0.1, 0.15) is 5.82 Å². The van der Waals surface area contributed by atoms with Crippen molar-refractivity contribution in [2.75, 3.05) is 5.32 Å². The van der Waals surface area contributed by atoms with Gasteiger partial charge in [-0.15, -0.1) is 0 Å². The van der Waals surface area contributed by atoms with Crippen LogP contribution in [0.25, 0.3) is 0 Å². The zero-order valence-electron chi connectivity index (χ0n) is 10.6. The lowest BCUT2D eigenvalue weighted by Crippen LogP contribution is -2.25. The van der Waals surface area contributed by atoms with Gasteiger partial charge in [0.05, 0.1) is 11.7 Å². The number of hydrogen-bond donors (Lipinski definition) is 1. The van der Waals surface area contributed by atoms with Gasteiger partial charge >= 0.3 is 0 Å². The smallest absolute Gasteiger partial charge is 0.255 e. The minimum atomic E-state index is -1.37. The third-order valence-electron chi connectivity index (χ3n) is 2.84. The number of carbonyl (C=O) groups is 2. The van der Waals surface area contributed by atoms with E-state index in [4.69, 9.17) is 0 Å². The van der Waals surface area contributed by atoms with Crippen LogP contribution in [-0.2, 0) is 0 Å². The molecule has 2 rings (SSSR count). The third kappa shape index (κ3) is 2.83. The predicted molar refractivity (Wildman–Crippen MR) is 69.9 cm³/mol. The molecule has 0 aliphatic carbocycles. The van der Waals surface area contributed by atoms with Gasteiger partial charge < -0.3 is 15.2 Å². The number of carbonyl (C=O) groups excluding carboxylic acids is 2. The molecule has 20 heavy (non-hydrogen) atoms. The molecule has 0 aromatic heterocycles. The number of hydrogen-bond acceptors (Lipinski definition) is 3. The van der Waals surface area contributed by atoms with Crippen LogP contribution in [0.5, 0.6) is 0 Å². The van der Waals surface area contributed by atoms with Crippen LogP contribution < -0.4 is 10.4 Å². The zero-order chi connectivity index (χ0) is 14.7. The fourth-order valence-corrected chi connectivity index (χ4v) is 1.79. The summed E-state index contributed by atoms with van der Waals surface area (Å²) in [5.74, 6) is -2.34. The molecule has 0 heterocycles. The van der Waals surface area contributed by atoms with Crippen LogP contribution in [0.2, 0.25) is 0 Å². The highest BCUT2D eigenvalue weighted by Crippen LogP contribution is 2.21. The topological polar surface area (TPSA) is 69.2 Å². The molecule has 0 radical (unpaired) electrons. The molecule has 0 fully saturated rings. The van der Waals surface area contributed by atoms with Crippen molar-refractivity contribution >= 4 is 17.6 Å². The van der Waals surface area contributed by atoms with Crippen LogP contribution in [0.3, 0.4) is 0 Å². The Morgan fingerprint density at radius 3 is 2.35 bits per heavy atom. The second kappa shape index (κ2) is 5.52. The Morgan fingerprint density at radius 1 is 1.10 bits per heavy atom. The Morgan fingerprint density at radius 2 is 1.75 bits per heavy atom. The first kappa shape index (κ1) is 13.7. The Labute approximate surface area is 114 Å². The number of carboxylic acids is 1.